The first kappa shape index (κ1) is 17.8. The molecule has 1 amide bonds. The van der Waals surface area contributed by atoms with Crippen LogP contribution in [0.2, 0.25) is 0 Å². The number of halogens is 2. The third-order valence-corrected chi connectivity index (χ3v) is 4.47. The Balaban J connectivity index is 1.68. The lowest BCUT2D eigenvalue weighted by molar-refractivity contribution is -0.116. The van der Waals surface area contributed by atoms with Crippen LogP contribution >= 0.6 is 0 Å². The quantitative estimate of drug-likeness (QED) is 0.815. The summed E-state index contributed by atoms with van der Waals surface area (Å²) in [5.41, 5.74) is 0.789. The number of nitrogens with zero attached hydrogens (tertiary/aromatic N) is 1. The van der Waals surface area contributed by atoms with Crippen LogP contribution in [0.3, 0.4) is 0 Å². The number of anilines is 1. The zero-order valence-electron chi connectivity index (χ0n) is 14.1. The van der Waals surface area contributed by atoms with E-state index in [0.717, 1.165) is 19.2 Å². The highest BCUT2D eigenvalue weighted by molar-refractivity contribution is 5.98. The van der Waals surface area contributed by atoms with Crippen molar-refractivity contribution in [2.75, 3.05) is 51.3 Å². The first-order valence-corrected chi connectivity index (χ1v) is 8.57. The zero-order valence-corrected chi connectivity index (χ0v) is 14.1. The van der Waals surface area contributed by atoms with Gasteiger partial charge in [0.1, 0.15) is 0 Å². The van der Waals surface area contributed by atoms with Crippen molar-refractivity contribution in [1.29, 1.82) is 0 Å². The molecule has 1 aromatic carbocycles. The number of carbonyl (C=O) groups is 1. The standard InChI is InChI=1S/C18H23F2N3O2/c19-18(20)5-6-21-16-4-2-1-3-14(16)15(18)13-17(24)22-7-8-23-9-11-25-12-10-23/h1-4,13,21H,5-12H2,(H,22,24)/b15-13-. The number of hydrogen-bond donors (Lipinski definition) is 2. The maximum Gasteiger partial charge on any atom is 0.275 e. The highest BCUT2D eigenvalue weighted by atomic mass is 19.3. The lowest BCUT2D eigenvalue weighted by atomic mass is 9.97. The van der Waals surface area contributed by atoms with E-state index >= 15 is 0 Å². The molecule has 0 bridgehead atoms. The molecule has 3 rings (SSSR count). The monoisotopic (exact) mass is 351 g/mol. The van der Waals surface area contributed by atoms with Gasteiger partial charge in [0.05, 0.1) is 13.2 Å². The van der Waals surface area contributed by atoms with Gasteiger partial charge in [-0.1, -0.05) is 18.2 Å². The summed E-state index contributed by atoms with van der Waals surface area (Å²) in [4.78, 5) is 14.4. The fraction of sp³-hybridized carbons (Fsp3) is 0.500. The summed E-state index contributed by atoms with van der Waals surface area (Å²) in [5, 5.41) is 5.71. The molecule has 5 nitrogen and oxygen atoms in total. The van der Waals surface area contributed by atoms with Crippen molar-refractivity contribution in [2.24, 2.45) is 0 Å². The molecule has 2 heterocycles. The van der Waals surface area contributed by atoms with Gasteiger partial charge in [-0.2, -0.15) is 0 Å². The maximum atomic E-state index is 14.5. The van der Waals surface area contributed by atoms with Crippen LogP contribution in [0.1, 0.15) is 12.0 Å². The number of nitrogens with one attached hydrogen (secondary N) is 2. The molecule has 0 saturated carbocycles. The molecule has 0 aliphatic carbocycles. The van der Waals surface area contributed by atoms with Gasteiger partial charge in [-0.3, -0.25) is 9.69 Å². The minimum Gasteiger partial charge on any atom is -0.384 e. The number of rotatable bonds is 4. The van der Waals surface area contributed by atoms with Crippen LogP contribution in [-0.4, -0.2) is 62.7 Å². The van der Waals surface area contributed by atoms with Gasteiger partial charge in [-0.25, -0.2) is 8.78 Å². The molecular weight excluding hydrogens is 328 g/mol. The topological polar surface area (TPSA) is 53.6 Å². The molecular formula is C18H23F2N3O2. The van der Waals surface area contributed by atoms with E-state index < -0.39 is 11.8 Å². The lowest BCUT2D eigenvalue weighted by Crippen LogP contribution is -2.41. The number of para-hydroxylation sites is 1. The lowest BCUT2D eigenvalue weighted by Gasteiger charge is -2.26. The fourth-order valence-electron chi connectivity index (χ4n) is 3.09. The van der Waals surface area contributed by atoms with Gasteiger partial charge in [-0.05, 0) is 6.07 Å². The van der Waals surface area contributed by atoms with Crippen LogP contribution in [0.15, 0.2) is 30.3 Å². The van der Waals surface area contributed by atoms with Gasteiger partial charge < -0.3 is 15.4 Å². The van der Waals surface area contributed by atoms with Crippen molar-refractivity contribution >= 4 is 17.2 Å². The number of benzene rings is 1. The van der Waals surface area contributed by atoms with Crippen molar-refractivity contribution in [3.8, 4) is 0 Å². The Bertz CT molecular complexity index is 643. The Labute approximate surface area is 146 Å². The minimum absolute atomic E-state index is 0.167. The molecule has 1 saturated heterocycles. The summed E-state index contributed by atoms with van der Waals surface area (Å²) in [6.07, 6.45) is 0.708. The van der Waals surface area contributed by atoms with E-state index in [2.05, 4.69) is 15.5 Å². The Morgan fingerprint density at radius 2 is 2.08 bits per heavy atom. The molecule has 0 unspecified atom stereocenters. The van der Waals surface area contributed by atoms with Gasteiger partial charge in [0, 0.05) is 62.0 Å². The Morgan fingerprint density at radius 1 is 1.32 bits per heavy atom. The van der Waals surface area contributed by atoms with E-state index in [1.54, 1.807) is 24.3 Å². The number of allylic oxidation sites excluding steroid dienone is 1. The van der Waals surface area contributed by atoms with Gasteiger partial charge in [-0.15, -0.1) is 0 Å². The van der Waals surface area contributed by atoms with Crippen molar-refractivity contribution in [3.63, 3.8) is 0 Å². The maximum absolute atomic E-state index is 14.5. The molecule has 136 valence electrons. The number of alkyl halides is 2. The van der Waals surface area contributed by atoms with E-state index in [9.17, 15) is 13.6 Å². The van der Waals surface area contributed by atoms with Gasteiger partial charge >= 0.3 is 0 Å². The number of hydrogen-bond acceptors (Lipinski definition) is 4. The van der Waals surface area contributed by atoms with Gasteiger partial charge in [0.25, 0.3) is 5.92 Å². The first-order valence-electron chi connectivity index (χ1n) is 8.57. The molecule has 0 atom stereocenters. The number of morpholine rings is 1. The molecule has 1 fully saturated rings. The average molecular weight is 351 g/mol. The average Bonchev–Trinajstić information content (AvgIpc) is 2.72. The predicted molar refractivity (Wildman–Crippen MR) is 92.7 cm³/mol. The van der Waals surface area contributed by atoms with Gasteiger partial charge in [0.15, 0.2) is 0 Å². The normalized spacial score (nSPS) is 21.9. The molecule has 0 spiro atoms. The van der Waals surface area contributed by atoms with Crippen LogP contribution in [0.25, 0.3) is 5.57 Å². The summed E-state index contributed by atoms with van der Waals surface area (Å²) < 4.78 is 34.2. The van der Waals surface area contributed by atoms with Gasteiger partial charge in [0.2, 0.25) is 5.91 Å². The number of fused-ring (bicyclic) bond motifs is 1. The number of ether oxygens (including phenoxy) is 1. The van der Waals surface area contributed by atoms with E-state index in [0.29, 0.717) is 37.6 Å². The third kappa shape index (κ3) is 4.55. The Hall–Kier alpha value is -1.99. The Kier molecular flexibility index (Phi) is 5.65. The first-order chi connectivity index (χ1) is 12.1. The molecule has 2 N–H and O–H groups in total. The Morgan fingerprint density at radius 3 is 2.88 bits per heavy atom. The van der Waals surface area contributed by atoms with Crippen LogP contribution in [0.4, 0.5) is 14.5 Å². The smallest absolute Gasteiger partial charge is 0.275 e. The van der Waals surface area contributed by atoms with E-state index in [1.807, 2.05) is 0 Å². The molecule has 2 aliphatic rings. The largest absolute Gasteiger partial charge is 0.384 e. The molecule has 2 aliphatic heterocycles. The molecule has 0 radical (unpaired) electrons. The second kappa shape index (κ2) is 7.93. The van der Waals surface area contributed by atoms with Crippen LogP contribution in [0.5, 0.6) is 0 Å². The summed E-state index contributed by atoms with van der Waals surface area (Å²) >= 11 is 0. The summed E-state index contributed by atoms with van der Waals surface area (Å²) in [6.45, 7) is 4.31. The van der Waals surface area contributed by atoms with E-state index in [-0.39, 0.29) is 18.5 Å². The number of amides is 1. The molecule has 25 heavy (non-hydrogen) atoms. The second-order valence-corrected chi connectivity index (χ2v) is 6.23. The van der Waals surface area contributed by atoms with Crippen LogP contribution in [-0.2, 0) is 9.53 Å². The van der Waals surface area contributed by atoms with Crippen molar-refractivity contribution < 1.29 is 18.3 Å². The summed E-state index contributed by atoms with van der Waals surface area (Å²) in [6, 6.07) is 6.86. The minimum atomic E-state index is -3.04. The van der Waals surface area contributed by atoms with Crippen LogP contribution in [0, 0.1) is 0 Å². The van der Waals surface area contributed by atoms with E-state index in [4.69, 9.17) is 4.74 Å². The highest BCUT2D eigenvalue weighted by Gasteiger charge is 2.38. The summed E-state index contributed by atoms with van der Waals surface area (Å²) in [7, 11) is 0. The van der Waals surface area contributed by atoms with Crippen molar-refractivity contribution in [3.05, 3.63) is 35.9 Å². The van der Waals surface area contributed by atoms with E-state index in [1.165, 1.54) is 0 Å². The second-order valence-electron chi connectivity index (χ2n) is 6.23. The summed E-state index contributed by atoms with van der Waals surface area (Å²) in [5.74, 6) is -3.53. The fourth-order valence-corrected chi connectivity index (χ4v) is 3.09. The molecule has 1 aromatic rings. The van der Waals surface area contributed by atoms with Crippen molar-refractivity contribution in [1.82, 2.24) is 10.2 Å². The SMILES string of the molecule is O=C(/C=C1/c2ccccc2NCCC1(F)F)NCCN1CCOCC1. The third-order valence-electron chi connectivity index (χ3n) is 4.47. The van der Waals surface area contributed by atoms with Crippen molar-refractivity contribution in [2.45, 2.75) is 12.3 Å². The highest BCUT2D eigenvalue weighted by Crippen LogP contribution is 2.40. The molecule has 0 aromatic heterocycles. The molecule has 7 heteroatoms. The zero-order chi connectivity index (χ0) is 17.7. The van der Waals surface area contributed by atoms with Crippen LogP contribution < -0.4 is 10.6 Å². The predicted octanol–water partition coefficient (Wildman–Crippen LogP) is 1.97. The number of carbonyl (C=O) groups excluding carboxylic acids is 1.